The lowest BCUT2D eigenvalue weighted by Gasteiger charge is -1.97. The van der Waals surface area contributed by atoms with E-state index < -0.39 is 0 Å². The fraction of sp³-hybridized carbons (Fsp3) is 0.0667. The molecule has 0 N–H and O–H groups in total. The minimum Gasteiger partial charge on any atom is -0.241 e. The van der Waals surface area contributed by atoms with Gasteiger partial charge in [0, 0.05) is 6.20 Å². The summed E-state index contributed by atoms with van der Waals surface area (Å²) in [6, 6.07) is 15.8. The van der Waals surface area contributed by atoms with E-state index in [-0.39, 0.29) is 0 Å². The summed E-state index contributed by atoms with van der Waals surface area (Å²) in [6.07, 6.45) is 3.88. The molecule has 6 heteroatoms. The number of nitrogens with zero attached hydrogens (tertiary/aromatic N) is 6. The van der Waals surface area contributed by atoms with Gasteiger partial charge in [-0.1, -0.05) is 34.7 Å². The lowest BCUT2D eigenvalue weighted by atomic mass is 10.3. The number of hydrogen-bond donors (Lipinski definition) is 0. The molecule has 0 amide bonds. The van der Waals surface area contributed by atoms with Crippen LogP contribution in [0, 0.1) is 0 Å². The Balaban J connectivity index is 1.61. The maximum atomic E-state index is 4.15. The molecule has 6 nitrogen and oxygen atoms in total. The number of allylic oxidation sites excluding steroid dienone is 1. The van der Waals surface area contributed by atoms with Crippen molar-refractivity contribution < 1.29 is 0 Å². The van der Waals surface area contributed by atoms with Gasteiger partial charge >= 0.3 is 0 Å². The minimum absolute atomic E-state index is 0.634. The summed E-state index contributed by atoms with van der Waals surface area (Å²) < 4.78 is 3.61. The van der Waals surface area contributed by atoms with Gasteiger partial charge in [0.05, 0.1) is 17.6 Å². The first kappa shape index (κ1) is 11.8. The first-order chi connectivity index (χ1) is 10.4. The summed E-state index contributed by atoms with van der Waals surface area (Å²) in [5, 5.41) is 16.5. The van der Waals surface area contributed by atoms with Crippen molar-refractivity contribution in [1.29, 1.82) is 0 Å². The highest BCUT2D eigenvalue weighted by atomic mass is 15.4. The minimum atomic E-state index is 0.634. The second-order valence-electron chi connectivity index (χ2n) is 4.67. The molecule has 0 saturated heterocycles. The zero-order valence-electron chi connectivity index (χ0n) is 11.2. The second kappa shape index (κ2) is 4.82. The molecular formula is C15H12N6. The van der Waals surface area contributed by atoms with Gasteiger partial charge in [0.25, 0.3) is 0 Å². The van der Waals surface area contributed by atoms with E-state index in [0.717, 1.165) is 22.1 Å². The Kier molecular flexibility index (Phi) is 2.71. The molecule has 4 rings (SSSR count). The van der Waals surface area contributed by atoms with Crippen LogP contribution in [0.2, 0.25) is 0 Å². The number of rotatable bonds is 3. The fourth-order valence-electron chi connectivity index (χ4n) is 2.30. The molecule has 0 atom stereocenters. The van der Waals surface area contributed by atoms with Crippen LogP contribution in [-0.4, -0.2) is 30.0 Å². The lowest BCUT2D eigenvalue weighted by molar-refractivity contribution is 0.681. The van der Waals surface area contributed by atoms with E-state index in [0.29, 0.717) is 6.54 Å². The van der Waals surface area contributed by atoms with Crippen molar-refractivity contribution in [3.63, 3.8) is 0 Å². The smallest absolute Gasteiger partial charge is 0.113 e. The average molecular weight is 276 g/mol. The van der Waals surface area contributed by atoms with Crippen molar-refractivity contribution in [3.8, 4) is 0 Å². The van der Waals surface area contributed by atoms with Gasteiger partial charge in [-0.3, -0.25) is 0 Å². The Bertz CT molecular complexity index is 933. The fourth-order valence-corrected chi connectivity index (χ4v) is 2.30. The van der Waals surface area contributed by atoms with Gasteiger partial charge in [-0.05, 0) is 30.3 Å². The zero-order chi connectivity index (χ0) is 14.1. The Morgan fingerprint density at radius 1 is 0.810 bits per heavy atom. The summed E-state index contributed by atoms with van der Waals surface area (Å²) in [5.41, 5.74) is 3.79. The van der Waals surface area contributed by atoms with Crippen LogP contribution in [0.4, 0.5) is 0 Å². The highest BCUT2D eigenvalue weighted by molar-refractivity contribution is 5.76. The zero-order valence-corrected chi connectivity index (χ0v) is 11.2. The molecule has 102 valence electrons. The molecule has 0 aliphatic carbocycles. The van der Waals surface area contributed by atoms with Gasteiger partial charge in [-0.15, -0.1) is 10.2 Å². The molecule has 0 unspecified atom stereocenters. The molecule has 0 aliphatic heterocycles. The largest absolute Gasteiger partial charge is 0.241 e. The second-order valence-corrected chi connectivity index (χ2v) is 4.67. The van der Waals surface area contributed by atoms with Crippen LogP contribution in [0.3, 0.4) is 0 Å². The third kappa shape index (κ3) is 2.06. The van der Waals surface area contributed by atoms with Crippen LogP contribution in [0.25, 0.3) is 28.3 Å². The summed E-state index contributed by atoms with van der Waals surface area (Å²) >= 11 is 0. The van der Waals surface area contributed by atoms with Crippen LogP contribution < -0.4 is 0 Å². The Morgan fingerprint density at radius 3 is 2.33 bits per heavy atom. The van der Waals surface area contributed by atoms with Crippen molar-refractivity contribution >= 4 is 28.3 Å². The standard InChI is InChI=1S/C15H12N6/c1-3-8-14-12(6-1)16-18-20(14)10-5-11-21-15-9-4-2-7-13(15)17-19-21/h1-10H,11H2. The van der Waals surface area contributed by atoms with Crippen molar-refractivity contribution in [3.05, 3.63) is 54.6 Å². The normalized spacial score (nSPS) is 11.8. The molecule has 21 heavy (non-hydrogen) atoms. The Morgan fingerprint density at radius 2 is 1.48 bits per heavy atom. The molecule has 0 radical (unpaired) electrons. The van der Waals surface area contributed by atoms with Crippen LogP contribution in [-0.2, 0) is 6.54 Å². The Hall–Kier alpha value is -3.02. The van der Waals surface area contributed by atoms with Gasteiger partial charge < -0.3 is 0 Å². The molecule has 2 heterocycles. The highest BCUT2D eigenvalue weighted by Crippen LogP contribution is 2.11. The van der Waals surface area contributed by atoms with Crippen molar-refractivity contribution in [1.82, 2.24) is 30.0 Å². The van der Waals surface area contributed by atoms with Crippen molar-refractivity contribution in [2.45, 2.75) is 6.54 Å². The molecule has 2 aromatic carbocycles. The van der Waals surface area contributed by atoms with Gasteiger partial charge in [0.15, 0.2) is 0 Å². The molecule has 0 fully saturated rings. The first-order valence-corrected chi connectivity index (χ1v) is 6.67. The SMILES string of the molecule is C(=Cn1nnc2ccccc21)Cn1nnc2ccccc21. The summed E-state index contributed by atoms with van der Waals surface area (Å²) in [5.74, 6) is 0. The first-order valence-electron chi connectivity index (χ1n) is 6.67. The number of aromatic nitrogens is 6. The Labute approximate surface area is 120 Å². The predicted octanol–water partition coefficient (Wildman–Crippen LogP) is 2.35. The van der Waals surface area contributed by atoms with Crippen molar-refractivity contribution in [2.24, 2.45) is 0 Å². The molecule has 0 saturated carbocycles. The third-order valence-electron chi connectivity index (χ3n) is 3.32. The lowest BCUT2D eigenvalue weighted by Crippen LogP contribution is -1.98. The van der Waals surface area contributed by atoms with Crippen LogP contribution in [0.5, 0.6) is 0 Å². The van der Waals surface area contributed by atoms with E-state index in [1.165, 1.54) is 0 Å². The molecule has 0 aliphatic rings. The van der Waals surface area contributed by atoms with E-state index in [9.17, 15) is 0 Å². The maximum absolute atomic E-state index is 4.15. The summed E-state index contributed by atoms with van der Waals surface area (Å²) in [4.78, 5) is 0. The molecule has 0 bridgehead atoms. The van der Waals surface area contributed by atoms with Crippen LogP contribution >= 0.6 is 0 Å². The monoisotopic (exact) mass is 276 g/mol. The molecule has 2 aromatic heterocycles. The van der Waals surface area contributed by atoms with Gasteiger partial charge in [0.1, 0.15) is 11.0 Å². The number of benzene rings is 2. The number of hydrogen-bond acceptors (Lipinski definition) is 4. The van der Waals surface area contributed by atoms with E-state index in [1.54, 1.807) is 4.68 Å². The highest BCUT2D eigenvalue weighted by Gasteiger charge is 2.02. The van der Waals surface area contributed by atoms with Gasteiger partial charge in [-0.25, -0.2) is 9.36 Å². The molecule has 4 aromatic rings. The predicted molar refractivity (Wildman–Crippen MR) is 80.4 cm³/mol. The summed E-state index contributed by atoms with van der Waals surface area (Å²) in [6.45, 7) is 0.634. The van der Waals surface area contributed by atoms with Crippen molar-refractivity contribution in [2.75, 3.05) is 0 Å². The number of fused-ring (bicyclic) bond motifs is 2. The van der Waals surface area contributed by atoms with E-state index in [2.05, 4.69) is 20.6 Å². The number of para-hydroxylation sites is 2. The van der Waals surface area contributed by atoms with Crippen LogP contribution in [0.1, 0.15) is 0 Å². The maximum Gasteiger partial charge on any atom is 0.113 e. The van der Waals surface area contributed by atoms with Gasteiger partial charge in [0.2, 0.25) is 0 Å². The van der Waals surface area contributed by atoms with Gasteiger partial charge in [-0.2, -0.15) is 0 Å². The average Bonchev–Trinajstić information content (AvgIpc) is 3.13. The van der Waals surface area contributed by atoms with E-state index >= 15 is 0 Å². The summed E-state index contributed by atoms with van der Waals surface area (Å²) in [7, 11) is 0. The topological polar surface area (TPSA) is 61.4 Å². The molecular weight excluding hydrogens is 264 g/mol. The van der Waals surface area contributed by atoms with Crippen LogP contribution in [0.15, 0.2) is 54.6 Å². The van der Waals surface area contributed by atoms with E-state index in [4.69, 9.17) is 0 Å². The van der Waals surface area contributed by atoms with E-state index in [1.807, 2.05) is 65.5 Å². The third-order valence-corrected chi connectivity index (χ3v) is 3.32. The quantitative estimate of drug-likeness (QED) is 0.576. The molecule has 0 spiro atoms.